The number of nitrogens with zero attached hydrogens (tertiary/aromatic N) is 1. The molecule has 0 aliphatic carbocycles. The lowest BCUT2D eigenvalue weighted by molar-refractivity contribution is -0.115. The van der Waals surface area contributed by atoms with E-state index in [1.54, 1.807) is 11.8 Å². The first-order valence-electron chi connectivity index (χ1n) is 7.63. The Bertz CT molecular complexity index is 875. The van der Waals surface area contributed by atoms with E-state index in [1.807, 2.05) is 31.2 Å². The summed E-state index contributed by atoms with van der Waals surface area (Å²) >= 11 is 9.30. The van der Waals surface area contributed by atoms with Gasteiger partial charge in [-0.05, 0) is 48.1 Å². The molecule has 0 aliphatic rings. The Morgan fingerprint density at radius 1 is 1.29 bits per heavy atom. The minimum Gasteiger partial charge on any atom is -0.302 e. The first kappa shape index (κ1) is 17.3. The number of benzene rings is 2. The second-order valence-electron chi connectivity index (χ2n) is 5.39. The highest BCUT2D eigenvalue weighted by Gasteiger charge is 2.11. The number of hydrogen-bond donors (Lipinski definition) is 1. The van der Waals surface area contributed by atoms with E-state index in [2.05, 4.69) is 29.4 Å². The molecule has 1 heterocycles. The first-order valence-corrected chi connectivity index (χ1v) is 9.81. The molecular weight excluding hydrogens is 360 g/mol. The number of amides is 1. The predicted molar refractivity (Wildman–Crippen MR) is 105 cm³/mol. The van der Waals surface area contributed by atoms with Crippen LogP contribution in [0.1, 0.15) is 18.1 Å². The van der Waals surface area contributed by atoms with Gasteiger partial charge in [-0.15, -0.1) is 11.8 Å². The van der Waals surface area contributed by atoms with E-state index in [0.29, 0.717) is 16.6 Å². The number of thioether (sulfide) groups is 1. The molecule has 0 fully saturated rings. The molecule has 0 saturated heterocycles. The molecule has 0 bridgehead atoms. The summed E-state index contributed by atoms with van der Waals surface area (Å²) in [5.41, 5.74) is 2.90. The van der Waals surface area contributed by atoms with Gasteiger partial charge < -0.3 is 5.32 Å². The highest BCUT2D eigenvalue weighted by atomic mass is 35.5. The fourth-order valence-corrected chi connectivity index (χ4v) is 4.43. The first-order chi connectivity index (χ1) is 11.5. The van der Waals surface area contributed by atoms with Crippen LogP contribution in [-0.4, -0.2) is 16.6 Å². The van der Waals surface area contributed by atoms with Crippen molar-refractivity contribution in [2.75, 3.05) is 11.1 Å². The third kappa shape index (κ3) is 4.09. The van der Waals surface area contributed by atoms with Gasteiger partial charge in [0.2, 0.25) is 5.91 Å². The zero-order valence-electron chi connectivity index (χ0n) is 13.4. The molecule has 1 N–H and O–H groups in total. The normalized spacial score (nSPS) is 11.0. The van der Waals surface area contributed by atoms with Crippen molar-refractivity contribution in [3.05, 3.63) is 52.5 Å². The van der Waals surface area contributed by atoms with Crippen LogP contribution in [0.25, 0.3) is 10.2 Å². The summed E-state index contributed by atoms with van der Waals surface area (Å²) < 4.78 is 0.983. The summed E-state index contributed by atoms with van der Waals surface area (Å²) in [4.78, 5) is 18.0. The molecule has 1 aromatic heterocycles. The molecule has 0 radical (unpaired) electrons. The molecule has 0 aliphatic heterocycles. The average molecular weight is 377 g/mol. The van der Waals surface area contributed by atoms with Crippen molar-refractivity contribution in [2.45, 2.75) is 25.2 Å². The van der Waals surface area contributed by atoms with Crippen LogP contribution < -0.4 is 5.32 Å². The highest BCUT2D eigenvalue weighted by molar-refractivity contribution is 7.99. The van der Waals surface area contributed by atoms with Crippen LogP contribution in [-0.2, 0) is 11.2 Å². The summed E-state index contributed by atoms with van der Waals surface area (Å²) in [6.45, 7) is 4.09. The van der Waals surface area contributed by atoms with Gasteiger partial charge in [-0.1, -0.05) is 42.0 Å². The highest BCUT2D eigenvalue weighted by Crippen LogP contribution is 2.31. The Balaban J connectivity index is 1.69. The molecule has 6 heteroatoms. The zero-order chi connectivity index (χ0) is 17.1. The SMILES string of the molecule is CCSc1ccc(CC(=O)Nc2nc3c(C)cc(Cl)cc3s2)cc1. The van der Waals surface area contributed by atoms with Crippen LogP contribution in [0.5, 0.6) is 0 Å². The molecule has 2 aromatic carbocycles. The molecule has 0 atom stereocenters. The van der Waals surface area contributed by atoms with Crippen molar-refractivity contribution in [1.29, 1.82) is 0 Å². The number of carbonyl (C=O) groups excluding carboxylic acids is 1. The molecule has 3 nitrogen and oxygen atoms in total. The van der Waals surface area contributed by atoms with Crippen molar-refractivity contribution in [1.82, 2.24) is 4.98 Å². The Labute approximate surface area is 154 Å². The van der Waals surface area contributed by atoms with Crippen LogP contribution >= 0.6 is 34.7 Å². The summed E-state index contributed by atoms with van der Waals surface area (Å²) in [5, 5.41) is 4.18. The summed E-state index contributed by atoms with van der Waals surface area (Å²) in [5.74, 6) is 0.981. The molecule has 0 saturated carbocycles. The van der Waals surface area contributed by atoms with Gasteiger partial charge in [0.15, 0.2) is 5.13 Å². The number of thiazole rings is 1. The van der Waals surface area contributed by atoms with Gasteiger partial charge in [-0.2, -0.15) is 0 Å². The fraction of sp³-hybridized carbons (Fsp3) is 0.222. The minimum absolute atomic E-state index is 0.0614. The Morgan fingerprint density at radius 3 is 2.75 bits per heavy atom. The number of halogens is 1. The second kappa shape index (κ2) is 7.55. The fourth-order valence-electron chi connectivity index (χ4n) is 2.43. The van der Waals surface area contributed by atoms with Gasteiger partial charge in [0.05, 0.1) is 16.6 Å². The number of anilines is 1. The zero-order valence-corrected chi connectivity index (χ0v) is 15.8. The minimum atomic E-state index is -0.0614. The van der Waals surface area contributed by atoms with Crippen molar-refractivity contribution in [3.8, 4) is 0 Å². The second-order valence-corrected chi connectivity index (χ2v) is 8.19. The molecule has 0 unspecified atom stereocenters. The summed E-state index contributed by atoms with van der Waals surface area (Å²) in [7, 11) is 0. The summed E-state index contributed by atoms with van der Waals surface area (Å²) in [6, 6.07) is 11.9. The van der Waals surface area contributed by atoms with Crippen LogP contribution in [0.2, 0.25) is 5.02 Å². The lowest BCUT2D eigenvalue weighted by Crippen LogP contribution is -2.14. The third-order valence-corrected chi connectivity index (χ3v) is 5.53. The van der Waals surface area contributed by atoms with Gasteiger partial charge in [0, 0.05) is 9.92 Å². The maximum Gasteiger partial charge on any atom is 0.230 e. The number of carbonyl (C=O) groups is 1. The summed E-state index contributed by atoms with van der Waals surface area (Å²) in [6.07, 6.45) is 0.340. The van der Waals surface area contributed by atoms with Gasteiger partial charge in [-0.3, -0.25) is 4.79 Å². The number of aromatic nitrogens is 1. The van der Waals surface area contributed by atoms with Crippen molar-refractivity contribution in [3.63, 3.8) is 0 Å². The number of hydrogen-bond acceptors (Lipinski definition) is 4. The van der Waals surface area contributed by atoms with E-state index in [4.69, 9.17) is 11.6 Å². The van der Waals surface area contributed by atoms with E-state index in [0.717, 1.165) is 27.1 Å². The Hall–Kier alpha value is -1.56. The van der Waals surface area contributed by atoms with Gasteiger partial charge in [0.1, 0.15) is 0 Å². The maximum atomic E-state index is 12.2. The standard InChI is InChI=1S/C18H17ClN2OS2/c1-3-23-14-6-4-12(5-7-14)9-16(22)20-18-21-17-11(2)8-13(19)10-15(17)24-18/h4-8,10H,3,9H2,1-2H3,(H,20,21,22). The quantitative estimate of drug-likeness (QED) is 0.593. The molecule has 1 amide bonds. The number of aryl methyl sites for hydroxylation is 1. The molecule has 3 rings (SSSR count). The Kier molecular flexibility index (Phi) is 5.43. The van der Waals surface area contributed by atoms with Gasteiger partial charge in [-0.25, -0.2) is 4.98 Å². The van der Waals surface area contributed by atoms with Crippen molar-refractivity contribution < 1.29 is 4.79 Å². The Morgan fingerprint density at radius 2 is 2.04 bits per heavy atom. The van der Waals surface area contributed by atoms with E-state index in [1.165, 1.54) is 16.2 Å². The molecular formula is C18H17ClN2OS2. The third-order valence-electron chi connectivity index (χ3n) is 3.50. The number of fused-ring (bicyclic) bond motifs is 1. The topological polar surface area (TPSA) is 42.0 Å². The number of rotatable bonds is 5. The average Bonchev–Trinajstić information content (AvgIpc) is 2.92. The lowest BCUT2D eigenvalue weighted by Gasteiger charge is -2.03. The van der Waals surface area contributed by atoms with Crippen LogP contribution in [0, 0.1) is 6.92 Å². The maximum absolute atomic E-state index is 12.2. The van der Waals surface area contributed by atoms with Crippen LogP contribution in [0.15, 0.2) is 41.3 Å². The van der Waals surface area contributed by atoms with E-state index >= 15 is 0 Å². The van der Waals surface area contributed by atoms with Crippen molar-refractivity contribution in [2.24, 2.45) is 0 Å². The monoisotopic (exact) mass is 376 g/mol. The number of nitrogens with one attached hydrogen (secondary N) is 1. The largest absolute Gasteiger partial charge is 0.302 e. The van der Waals surface area contributed by atoms with E-state index < -0.39 is 0 Å². The van der Waals surface area contributed by atoms with Gasteiger partial charge in [0.25, 0.3) is 0 Å². The van der Waals surface area contributed by atoms with E-state index in [-0.39, 0.29) is 5.91 Å². The molecule has 3 aromatic rings. The molecule has 0 spiro atoms. The van der Waals surface area contributed by atoms with E-state index in [9.17, 15) is 4.79 Å². The molecule has 24 heavy (non-hydrogen) atoms. The lowest BCUT2D eigenvalue weighted by atomic mass is 10.1. The van der Waals surface area contributed by atoms with Crippen LogP contribution in [0.3, 0.4) is 0 Å². The predicted octanol–water partition coefficient (Wildman–Crippen LogP) is 5.55. The van der Waals surface area contributed by atoms with Gasteiger partial charge >= 0.3 is 0 Å². The van der Waals surface area contributed by atoms with Crippen LogP contribution in [0.4, 0.5) is 5.13 Å². The van der Waals surface area contributed by atoms with Crippen molar-refractivity contribution >= 4 is 56.0 Å². The smallest absolute Gasteiger partial charge is 0.230 e. The molecule has 124 valence electrons.